The molecule has 5 heteroatoms. The molecule has 0 spiro atoms. The van der Waals surface area contributed by atoms with Gasteiger partial charge >= 0.3 is 0 Å². The first-order valence-corrected chi connectivity index (χ1v) is 14.7. The quantitative estimate of drug-likeness (QED) is 0.204. The minimum atomic E-state index is 0.0181. The number of aromatic nitrogens is 4. The standard InChI is InChI=1S/C23H14N2O.C16H12N2/c26-23-17-9-3-6-12-20(17)24-18-10-4-1-7-15(18)13-21(24)22-14-16-8-2-5-11-19(16)25(22)23;1-3-7-13-11(5-1)9-15(17-13)16-10-12-6-2-4-8-14(12)18-16/h1-14H;1-10,17-18H. The highest BCUT2D eigenvalue weighted by Gasteiger charge is 2.14. The number of nitrogens with zero attached hydrogens (tertiary/aromatic N) is 2. The Morgan fingerprint density at radius 1 is 0.386 bits per heavy atom. The SMILES string of the molecule is O=c1c2ccccc2n2c3ccccc3cc2c2cc3ccccc3n12.c1ccc2[nH]c(-c3cc4ccccc4[nH]3)cc2c1. The molecule has 0 aliphatic rings. The molecule has 5 aromatic heterocycles. The fourth-order valence-corrected chi connectivity index (χ4v) is 6.57. The van der Waals surface area contributed by atoms with Crippen molar-refractivity contribution in [2.45, 2.75) is 0 Å². The summed E-state index contributed by atoms with van der Waals surface area (Å²) in [5.41, 5.74) is 9.59. The minimum absolute atomic E-state index is 0.0181. The number of fused-ring (bicyclic) bond motifs is 11. The van der Waals surface area contributed by atoms with Gasteiger partial charge in [-0.3, -0.25) is 9.20 Å². The highest BCUT2D eigenvalue weighted by Crippen LogP contribution is 2.30. The smallest absolute Gasteiger partial charge is 0.265 e. The summed E-state index contributed by atoms with van der Waals surface area (Å²) in [5, 5.41) is 5.45. The van der Waals surface area contributed by atoms with Crippen LogP contribution in [0.5, 0.6) is 0 Å². The Morgan fingerprint density at radius 2 is 0.818 bits per heavy atom. The summed E-state index contributed by atoms with van der Waals surface area (Å²) < 4.78 is 4.06. The Morgan fingerprint density at radius 3 is 1.39 bits per heavy atom. The van der Waals surface area contributed by atoms with Crippen molar-refractivity contribution in [3.8, 4) is 11.4 Å². The fourth-order valence-electron chi connectivity index (χ4n) is 6.57. The van der Waals surface area contributed by atoms with Crippen LogP contribution in [0.2, 0.25) is 0 Å². The average molecular weight is 567 g/mol. The molecule has 44 heavy (non-hydrogen) atoms. The van der Waals surface area contributed by atoms with Crippen LogP contribution in [0.4, 0.5) is 0 Å². The van der Waals surface area contributed by atoms with E-state index in [2.05, 4.69) is 99.3 Å². The average Bonchev–Trinajstić information content (AvgIpc) is 3.85. The molecule has 0 aliphatic carbocycles. The summed E-state index contributed by atoms with van der Waals surface area (Å²) >= 11 is 0. The molecule has 0 atom stereocenters. The predicted molar refractivity (Wildman–Crippen MR) is 183 cm³/mol. The van der Waals surface area contributed by atoms with Crippen molar-refractivity contribution in [2.24, 2.45) is 0 Å². The molecule has 2 N–H and O–H groups in total. The van der Waals surface area contributed by atoms with Crippen molar-refractivity contribution >= 4 is 65.5 Å². The number of H-pyrrole nitrogens is 2. The van der Waals surface area contributed by atoms with E-state index in [0.717, 1.165) is 49.7 Å². The molecular weight excluding hydrogens is 540 g/mol. The van der Waals surface area contributed by atoms with E-state index in [9.17, 15) is 4.79 Å². The van der Waals surface area contributed by atoms with Gasteiger partial charge in [0.2, 0.25) is 0 Å². The maximum atomic E-state index is 13.5. The minimum Gasteiger partial charge on any atom is -0.353 e. The van der Waals surface area contributed by atoms with Crippen LogP contribution in [0.1, 0.15) is 0 Å². The zero-order chi connectivity index (χ0) is 29.2. The van der Waals surface area contributed by atoms with Gasteiger partial charge in [-0.15, -0.1) is 0 Å². The summed E-state index contributed by atoms with van der Waals surface area (Å²) in [4.78, 5) is 20.3. The molecular formula is C39H26N4O. The molecule has 10 aromatic rings. The Labute approximate surface area is 251 Å². The van der Waals surface area contributed by atoms with Crippen LogP contribution in [0.25, 0.3) is 76.9 Å². The Bertz CT molecular complexity index is 2620. The topological polar surface area (TPSA) is 57.5 Å². The van der Waals surface area contributed by atoms with Crippen LogP contribution in [-0.4, -0.2) is 18.8 Å². The summed E-state index contributed by atoms with van der Waals surface area (Å²) in [6, 6.07) is 49.6. The van der Waals surface area contributed by atoms with Crippen LogP contribution < -0.4 is 5.56 Å². The van der Waals surface area contributed by atoms with Crippen LogP contribution in [0, 0.1) is 0 Å². The second kappa shape index (κ2) is 9.48. The van der Waals surface area contributed by atoms with Gasteiger partial charge in [-0.05, 0) is 60.7 Å². The maximum absolute atomic E-state index is 13.5. The molecule has 0 saturated heterocycles. The molecule has 0 amide bonds. The zero-order valence-electron chi connectivity index (χ0n) is 23.7. The van der Waals surface area contributed by atoms with E-state index in [0.29, 0.717) is 0 Å². The van der Waals surface area contributed by atoms with E-state index in [1.807, 2.05) is 65.1 Å². The summed E-state index contributed by atoms with van der Waals surface area (Å²) in [6.45, 7) is 0. The normalized spacial score (nSPS) is 11.7. The second-order valence-corrected chi connectivity index (χ2v) is 11.2. The number of aromatic amines is 2. The van der Waals surface area contributed by atoms with Crippen LogP contribution in [0.3, 0.4) is 0 Å². The summed E-state index contributed by atoms with van der Waals surface area (Å²) in [6.07, 6.45) is 0. The third-order valence-electron chi connectivity index (χ3n) is 8.61. The summed E-state index contributed by atoms with van der Waals surface area (Å²) in [7, 11) is 0. The lowest BCUT2D eigenvalue weighted by Crippen LogP contribution is -2.09. The Balaban J connectivity index is 0.000000132. The maximum Gasteiger partial charge on any atom is 0.265 e. The first kappa shape index (κ1) is 24.5. The number of hydrogen-bond donors (Lipinski definition) is 2. The molecule has 5 nitrogen and oxygen atoms in total. The number of rotatable bonds is 1. The van der Waals surface area contributed by atoms with Gasteiger partial charge in [-0.25, -0.2) is 0 Å². The third kappa shape index (κ3) is 3.69. The van der Waals surface area contributed by atoms with Crippen LogP contribution in [-0.2, 0) is 0 Å². The molecule has 0 bridgehead atoms. The predicted octanol–water partition coefficient (Wildman–Crippen LogP) is 9.33. The van der Waals surface area contributed by atoms with Gasteiger partial charge in [0.1, 0.15) is 0 Å². The van der Waals surface area contributed by atoms with E-state index in [1.165, 1.54) is 27.2 Å². The van der Waals surface area contributed by atoms with Crippen molar-refractivity contribution in [2.75, 3.05) is 0 Å². The van der Waals surface area contributed by atoms with Gasteiger partial charge < -0.3 is 14.4 Å². The molecule has 5 aromatic carbocycles. The van der Waals surface area contributed by atoms with E-state index in [-0.39, 0.29) is 5.56 Å². The van der Waals surface area contributed by atoms with Crippen molar-refractivity contribution in [1.82, 2.24) is 18.8 Å². The van der Waals surface area contributed by atoms with Gasteiger partial charge in [0.05, 0.1) is 44.4 Å². The van der Waals surface area contributed by atoms with Gasteiger partial charge in [0.15, 0.2) is 0 Å². The highest BCUT2D eigenvalue weighted by molar-refractivity contribution is 6.02. The molecule has 0 radical (unpaired) electrons. The monoisotopic (exact) mass is 566 g/mol. The summed E-state index contributed by atoms with van der Waals surface area (Å²) in [5.74, 6) is 0. The van der Waals surface area contributed by atoms with Gasteiger partial charge in [0, 0.05) is 32.6 Å². The second-order valence-electron chi connectivity index (χ2n) is 11.2. The number of nitrogens with one attached hydrogen (secondary N) is 2. The van der Waals surface area contributed by atoms with Crippen molar-refractivity contribution in [3.05, 3.63) is 156 Å². The first-order valence-electron chi connectivity index (χ1n) is 14.7. The van der Waals surface area contributed by atoms with Gasteiger partial charge in [-0.2, -0.15) is 0 Å². The number of para-hydroxylation sites is 5. The Hall–Kier alpha value is -6.07. The molecule has 0 unspecified atom stereocenters. The van der Waals surface area contributed by atoms with E-state index in [4.69, 9.17) is 0 Å². The van der Waals surface area contributed by atoms with Crippen LogP contribution in [0.15, 0.2) is 150 Å². The van der Waals surface area contributed by atoms with Crippen molar-refractivity contribution in [3.63, 3.8) is 0 Å². The fraction of sp³-hybridized carbons (Fsp3) is 0. The Kier molecular flexibility index (Phi) is 5.28. The van der Waals surface area contributed by atoms with Crippen LogP contribution >= 0.6 is 0 Å². The molecule has 208 valence electrons. The van der Waals surface area contributed by atoms with Gasteiger partial charge in [-0.1, -0.05) is 84.9 Å². The van der Waals surface area contributed by atoms with Crippen molar-refractivity contribution in [1.29, 1.82) is 0 Å². The molecule has 0 aliphatic heterocycles. The highest BCUT2D eigenvalue weighted by atomic mass is 16.1. The van der Waals surface area contributed by atoms with E-state index in [1.54, 1.807) is 0 Å². The number of hydrogen-bond acceptors (Lipinski definition) is 1. The lowest BCUT2D eigenvalue weighted by molar-refractivity contribution is 1.21. The third-order valence-corrected chi connectivity index (χ3v) is 8.61. The first-order chi connectivity index (χ1) is 21.7. The lowest BCUT2D eigenvalue weighted by atomic mass is 10.2. The molecule has 10 rings (SSSR count). The largest absolute Gasteiger partial charge is 0.353 e. The van der Waals surface area contributed by atoms with Crippen molar-refractivity contribution < 1.29 is 0 Å². The zero-order valence-corrected chi connectivity index (χ0v) is 23.7. The molecule has 0 fully saturated rings. The van der Waals surface area contributed by atoms with Gasteiger partial charge in [0.25, 0.3) is 5.56 Å². The molecule has 0 saturated carbocycles. The van der Waals surface area contributed by atoms with E-state index < -0.39 is 0 Å². The molecule has 5 heterocycles. The lowest BCUT2D eigenvalue weighted by Gasteiger charge is -1.99. The van der Waals surface area contributed by atoms with E-state index >= 15 is 0 Å². The number of benzene rings is 5.